The van der Waals surface area contributed by atoms with E-state index in [9.17, 15) is 9.90 Å². The molecule has 1 saturated carbocycles. The van der Waals surface area contributed by atoms with Gasteiger partial charge in [0.05, 0.1) is 6.10 Å². The molecule has 138 valence electrons. The largest absolute Gasteiger partial charge is 0.476 e. The summed E-state index contributed by atoms with van der Waals surface area (Å²) in [5.41, 5.74) is 1.15. The van der Waals surface area contributed by atoms with Crippen molar-refractivity contribution in [2.45, 2.75) is 64.8 Å². The highest BCUT2D eigenvalue weighted by Crippen LogP contribution is 2.30. The van der Waals surface area contributed by atoms with Gasteiger partial charge in [0.15, 0.2) is 5.69 Å². The summed E-state index contributed by atoms with van der Waals surface area (Å²) in [4.78, 5) is 18.4. The number of esters is 1. The fraction of sp³-hybridized carbons (Fsp3) is 0.684. The molecule has 2 aliphatic rings. The van der Waals surface area contributed by atoms with Crippen LogP contribution in [0, 0.1) is 5.92 Å². The minimum Gasteiger partial charge on any atom is -0.476 e. The predicted octanol–water partition coefficient (Wildman–Crippen LogP) is 2.74. The van der Waals surface area contributed by atoms with E-state index >= 15 is 0 Å². The molecule has 2 heterocycles. The van der Waals surface area contributed by atoms with Crippen molar-refractivity contribution in [3.05, 3.63) is 23.4 Å². The van der Waals surface area contributed by atoms with Gasteiger partial charge in [0.25, 0.3) is 0 Å². The molecule has 0 bridgehead atoms. The van der Waals surface area contributed by atoms with Gasteiger partial charge < -0.3 is 14.6 Å². The van der Waals surface area contributed by atoms with Crippen molar-refractivity contribution in [2.75, 3.05) is 13.2 Å². The highest BCUT2D eigenvalue weighted by atomic mass is 16.5. The topological polar surface area (TPSA) is 71.9 Å². The Hall–Kier alpha value is -1.66. The van der Waals surface area contributed by atoms with Gasteiger partial charge in [-0.1, -0.05) is 19.3 Å². The molecule has 0 amide bonds. The van der Waals surface area contributed by atoms with Crippen molar-refractivity contribution in [2.24, 2.45) is 5.92 Å². The zero-order chi connectivity index (χ0) is 17.8. The smallest absolute Gasteiger partial charge is 0.357 e. The molecule has 1 unspecified atom stereocenters. The zero-order valence-electron chi connectivity index (χ0n) is 15.1. The number of nitrogens with zero attached hydrogens (tertiary/aromatic N) is 2. The lowest BCUT2D eigenvalue weighted by Gasteiger charge is -2.34. The second kappa shape index (κ2) is 8.15. The SMILES string of the molecule is CC(C)OC(=O)c1ccc2c(n1)OCCN(C(O)C1CCCCC1)C2. The first-order valence-corrected chi connectivity index (χ1v) is 9.30. The molecule has 1 aliphatic carbocycles. The normalized spacial score (nSPS) is 20.5. The van der Waals surface area contributed by atoms with E-state index in [0.717, 1.165) is 18.4 Å². The molecule has 1 atom stereocenters. The molecule has 1 N–H and O–H groups in total. The number of hydrogen-bond donors (Lipinski definition) is 1. The Morgan fingerprint density at radius 1 is 1.32 bits per heavy atom. The number of aromatic nitrogens is 1. The lowest BCUT2D eigenvalue weighted by atomic mass is 9.87. The average molecular weight is 348 g/mol. The maximum atomic E-state index is 12.0. The van der Waals surface area contributed by atoms with Gasteiger partial charge in [-0.05, 0) is 44.7 Å². The van der Waals surface area contributed by atoms with E-state index in [2.05, 4.69) is 9.88 Å². The predicted molar refractivity (Wildman–Crippen MR) is 93.3 cm³/mol. The maximum absolute atomic E-state index is 12.0. The number of aliphatic hydroxyl groups is 1. The first-order chi connectivity index (χ1) is 12.0. The van der Waals surface area contributed by atoms with Crippen LogP contribution in [0.1, 0.15) is 62.0 Å². The molecule has 3 rings (SSSR count). The molecule has 0 radical (unpaired) electrons. The molecule has 1 aromatic rings. The van der Waals surface area contributed by atoms with Crippen LogP contribution in [-0.4, -0.2) is 46.4 Å². The van der Waals surface area contributed by atoms with Crippen LogP contribution in [0.3, 0.4) is 0 Å². The summed E-state index contributed by atoms with van der Waals surface area (Å²) >= 11 is 0. The monoisotopic (exact) mass is 348 g/mol. The van der Waals surface area contributed by atoms with Crippen LogP contribution >= 0.6 is 0 Å². The molecular weight excluding hydrogens is 320 g/mol. The summed E-state index contributed by atoms with van der Waals surface area (Å²) < 4.78 is 10.9. The van der Waals surface area contributed by atoms with E-state index in [0.29, 0.717) is 31.5 Å². The van der Waals surface area contributed by atoms with E-state index in [4.69, 9.17) is 9.47 Å². The van der Waals surface area contributed by atoms with Gasteiger partial charge in [-0.25, -0.2) is 9.78 Å². The van der Waals surface area contributed by atoms with Crippen LogP contribution in [0.25, 0.3) is 0 Å². The fourth-order valence-electron chi connectivity index (χ4n) is 3.62. The summed E-state index contributed by atoms with van der Waals surface area (Å²) in [5.74, 6) is 0.366. The van der Waals surface area contributed by atoms with E-state index in [1.54, 1.807) is 6.07 Å². The standard InChI is InChI=1S/C19H28N2O4/c1-13(2)25-19(23)16-9-8-15-12-21(10-11-24-17(15)20-16)18(22)14-6-4-3-5-7-14/h8-9,13-14,18,22H,3-7,10-12H2,1-2H3. The third-order valence-corrected chi connectivity index (χ3v) is 4.93. The highest BCUT2D eigenvalue weighted by molar-refractivity contribution is 5.87. The van der Waals surface area contributed by atoms with E-state index in [-0.39, 0.29) is 11.8 Å². The third kappa shape index (κ3) is 4.50. The molecule has 1 aliphatic heterocycles. The Kier molecular flexibility index (Phi) is 5.91. The molecule has 25 heavy (non-hydrogen) atoms. The van der Waals surface area contributed by atoms with Gasteiger partial charge in [0.2, 0.25) is 5.88 Å². The lowest BCUT2D eigenvalue weighted by molar-refractivity contribution is -0.0566. The number of pyridine rings is 1. The van der Waals surface area contributed by atoms with E-state index < -0.39 is 12.2 Å². The molecule has 0 spiro atoms. The second-order valence-corrected chi connectivity index (χ2v) is 7.25. The summed E-state index contributed by atoms with van der Waals surface area (Å²) in [6.45, 7) is 5.30. The highest BCUT2D eigenvalue weighted by Gasteiger charge is 2.29. The summed E-state index contributed by atoms with van der Waals surface area (Å²) in [6.07, 6.45) is 5.22. The Morgan fingerprint density at radius 3 is 2.80 bits per heavy atom. The Labute approximate surface area is 149 Å². The molecule has 6 heteroatoms. The van der Waals surface area contributed by atoms with Gasteiger partial charge >= 0.3 is 5.97 Å². The minimum absolute atomic E-state index is 0.185. The number of rotatable bonds is 4. The Bertz CT molecular complexity index is 599. The number of fused-ring (bicyclic) bond motifs is 1. The van der Waals surface area contributed by atoms with Gasteiger partial charge in [-0.2, -0.15) is 0 Å². The number of carbonyl (C=O) groups is 1. The Balaban J connectivity index is 1.71. The van der Waals surface area contributed by atoms with Crippen LogP contribution in [-0.2, 0) is 11.3 Å². The summed E-state index contributed by atoms with van der Waals surface area (Å²) in [5, 5.41) is 10.8. The number of ether oxygens (including phenoxy) is 2. The zero-order valence-corrected chi connectivity index (χ0v) is 15.1. The number of aliphatic hydroxyl groups excluding tert-OH is 1. The van der Waals surface area contributed by atoms with Gasteiger partial charge in [0, 0.05) is 18.7 Å². The van der Waals surface area contributed by atoms with Crippen molar-refractivity contribution in [3.63, 3.8) is 0 Å². The first kappa shape index (κ1) is 18.1. The second-order valence-electron chi connectivity index (χ2n) is 7.25. The fourth-order valence-corrected chi connectivity index (χ4v) is 3.62. The Morgan fingerprint density at radius 2 is 2.08 bits per heavy atom. The van der Waals surface area contributed by atoms with Crippen LogP contribution < -0.4 is 4.74 Å². The third-order valence-electron chi connectivity index (χ3n) is 4.93. The number of carbonyl (C=O) groups excluding carboxylic acids is 1. The van der Waals surface area contributed by atoms with Gasteiger partial charge in [0.1, 0.15) is 12.8 Å². The molecule has 1 fully saturated rings. The lowest BCUT2D eigenvalue weighted by Crippen LogP contribution is -2.42. The molecule has 0 aromatic carbocycles. The van der Waals surface area contributed by atoms with Crippen molar-refractivity contribution >= 4 is 5.97 Å². The van der Waals surface area contributed by atoms with Crippen molar-refractivity contribution < 1.29 is 19.4 Å². The van der Waals surface area contributed by atoms with Gasteiger partial charge in [-0.15, -0.1) is 0 Å². The van der Waals surface area contributed by atoms with Crippen LogP contribution in [0.4, 0.5) is 0 Å². The van der Waals surface area contributed by atoms with Crippen molar-refractivity contribution in [3.8, 4) is 5.88 Å². The van der Waals surface area contributed by atoms with Crippen LogP contribution in [0.2, 0.25) is 0 Å². The van der Waals surface area contributed by atoms with Gasteiger partial charge in [-0.3, -0.25) is 4.90 Å². The first-order valence-electron chi connectivity index (χ1n) is 9.30. The molecule has 6 nitrogen and oxygen atoms in total. The summed E-state index contributed by atoms with van der Waals surface area (Å²) in [7, 11) is 0. The quantitative estimate of drug-likeness (QED) is 0.844. The molecule has 0 saturated heterocycles. The molecular formula is C19H28N2O4. The van der Waals surface area contributed by atoms with Crippen LogP contribution in [0.15, 0.2) is 12.1 Å². The van der Waals surface area contributed by atoms with E-state index in [1.165, 1.54) is 19.3 Å². The van der Waals surface area contributed by atoms with E-state index in [1.807, 2.05) is 19.9 Å². The minimum atomic E-state index is -0.444. The summed E-state index contributed by atoms with van der Waals surface area (Å²) in [6, 6.07) is 3.52. The van der Waals surface area contributed by atoms with Crippen molar-refractivity contribution in [1.29, 1.82) is 0 Å². The van der Waals surface area contributed by atoms with Crippen LogP contribution in [0.5, 0.6) is 5.88 Å². The maximum Gasteiger partial charge on any atom is 0.357 e. The van der Waals surface area contributed by atoms with Crippen molar-refractivity contribution in [1.82, 2.24) is 9.88 Å². The molecule has 1 aromatic heterocycles. The number of hydrogen-bond acceptors (Lipinski definition) is 6. The average Bonchev–Trinajstić information content (AvgIpc) is 2.83.